The number of hydrogen-bond acceptors (Lipinski definition) is 5. The molecule has 6 nitrogen and oxygen atoms in total. The number of halogens is 2. The molecule has 2 aromatic carbocycles. The van der Waals surface area contributed by atoms with Crippen LogP contribution in [0, 0.1) is 6.92 Å². The van der Waals surface area contributed by atoms with Gasteiger partial charge in [-0.2, -0.15) is 13.8 Å². The van der Waals surface area contributed by atoms with Crippen LogP contribution in [0.4, 0.5) is 14.5 Å². The van der Waals surface area contributed by atoms with Gasteiger partial charge >= 0.3 is 6.61 Å². The highest BCUT2D eigenvalue weighted by molar-refractivity contribution is 6.04. The van der Waals surface area contributed by atoms with Crippen molar-refractivity contribution in [2.24, 2.45) is 0 Å². The van der Waals surface area contributed by atoms with Gasteiger partial charge in [0, 0.05) is 16.8 Å². The molecular weight excluding hydrogens is 332 g/mol. The van der Waals surface area contributed by atoms with Gasteiger partial charge in [-0.05, 0) is 55.5 Å². The lowest BCUT2D eigenvalue weighted by Crippen LogP contribution is -2.11. The third-order valence-corrected chi connectivity index (χ3v) is 3.26. The van der Waals surface area contributed by atoms with Gasteiger partial charge in [0.1, 0.15) is 5.75 Å². The van der Waals surface area contributed by atoms with Crippen molar-refractivity contribution >= 4 is 11.6 Å². The monoisotopic (exact) mass is 345 g/mol. The molecule has 0 spiro atoms. The van der Waals surface area contributed by atoms with E-state index in [0.717, 1.165) is 0 Å². The van der Waals surface area contributed by atoms with Crippen molar-refractivity contribution in [3.8, 4) is 17.2 Å². The lowest BCUT2D eigenvalue weighted by Gasteiger charge is -2.08. The summed E-state index contributed by atoms with van der Waals surface area (Å²) in [5.41, 5.74) is 1.58. The Kier molecular flexibility index (Phi) is 4.69. The fourth-order valence-electron chi connectivity index (χ4n) is 2.10. The molecule has 0 bridgehead atoms. The van der Waals surface area contributed by atoms with Crippen LogP contribution in [0.1, 0.15) is 16.2 Å². The molecule has 128 valence electrons. The molecule has 0 saturated carbocycles. The number of ether oxygens (including phenoxy) is 1. The highest BCUT2D eigenvalue weighted by atomic mass is 19.3. The van der Waals surface area contributed by atoms with Gasteiger partial charge in [0.25, 0.3) is 11.8 Å². The van der Waals surface area contributed by atoms with Crippen molar-refractivity contribution in [1.82, 2.24) is 10.1 Å². The number of aryl methyl sites for hydroxylation is 1. The van der Waals surface area contributed by atoms with Gasteiger partial charge in [-0.15, -0.1) is 0 Å². The van der Waals surface area contributed by atoms with E-state index in [2.05, 4.69) is 20.2 Å². The van der Waals surface area contributed by atoms with Gasteiger partial charge in [0.05, 0.1) is 0 Å². The predicted molar refractivity (Wildman–Crippen MR) is 85.5 cm³/mol. The van der Waals surface area contributed by atoms with Crippen LogP contribution in [-0.2, 0) is 0 Å². The number of carbonyl (C=O) groups is 1. The van der Waals surface area contributed by atoms with Crippen LogP contribution >= 0.6 is 0 Å². The topological polar surface area (TPSA) is 77.2 Å². The lowest BCUT2D eigenvalue weighted by atomic mass is 10.1. The van der Waals surface area contributed by atoms with Crippen LogP contribution in [0.5, 0.6) is 5.75 Å². The first-order chi connectivity index (χ1) is 12.0. The summed E-state index contributed by atoms with van der Waals surface area (Å²) in [5.74, 6) is 0.582. The molecule has 0 aliphatic rings. The molecule has 1 amide bonds. The van der Waals surface area contributed by atoms with Gasteiger partial charge in [-0.1, -0.05) is 5.16 Å². The molecule has 0 unspecified atom stereocenters. The highest BCUT2D eigenvalue weighted by Gasteiger charge is 2.10. The van der Waals surface area contributed by atoms with E-state index >= 15 is 0 Å². The van der Waals surface area contributed by atoms with E-state index in [-0.39, 0.29) is 11.7 Å². The van der Waals surface area contributed by atoms with Crippen molar-refractivity contribution in [3.63, 3.8) is 0 Å². The van der Waals surface area contributed by atoms with E-state index in [1.54, 1.807) is 31.2 Å². The second-order valence-electron chi connectivity index (χ2n) is 5.08. The largest absolute Gasteiger partial charge is 0.435 e. The summed E-state index contributed by atoms with van der Waals surface area (Å²) >= 11 is 0. The smallest absolute Gasteiger partial charge is 0.387 e. The zero-order valence-electron chi connectivity index (χ0n) is 13.1. The molecule has 0 radical (unpaired) electrons. The second kappa shape index (κ2) is 7.08. The van der Waals surface area contributed by atoms with Crippen LogP contribution in [0.15, 0.2) is 53.1 Å². The summed E-state index contributed by atoms with van der Waals surface area (Å²) in [4.78, 5) is 16.3. The number of benzene rings is 2. The maximum Gasteiger partial charge on any atom is 0.387 e. The van der Waals surface area contributed by atoms with Crippen molar-refractivity contribution < 1.29 is 22.8 Å². The molecule has 0 aliphatic heterocycles. The average molecular weight is 345 g/mol. The summed E-state index contributed by atoms with van der Waals surface area (Å²) in [5, 5.41) is 6.38. The Morgan fingerprint density at radius 1 is 1.12 bits per heavy atom. The number of amides is 1. The summed E-state index contributed by atoms with van der Waals surface area (Å²) in [6.45, 7) is -1.17. The maximum atomic E-state index is 12.2. The van der Waals surface area contributed by atoms with E-state index in [1.807, 2.05) is 0 Å². The molecule has 1 N–H and O–H groups in total. The quantitative estimate of drug-likeness (QED) is 0.759. The number of carbonyl (C=O) groups excluding carboxylic acids is 1. The Morgan fingerprint density at radius 3 is 2.36 bits per heavy atom. The standard InChI is InChI=1S/C17H13F2N3O3/c1-10-20-16(25-22-10)12-4-2-11(3-5-12)15(23)21-13-6-8-14(9-7-13)24-17(18)19/h2-9,17H,1H3,(H,21,23). The number of alkyl halides is 2. The highest BCUT2D eigenvalue weighted by Crippen LogP contribution is 2.20. The van der Waals surface area contributed by atoms with Crippen molar-refractivity contribution in [2.45, 2.75) is 13.5 Å². The Hall–Kier alpha value is -3.29. The third-order valence-electron chi connectivity index (χ3n) is 3.26. The summed E-state index contributed by atoms with van der Waals surface area (Å²) in [6, 6.07) is 12.3. The minimum Gasteiger partial charge on any atom is -0.435 e. The first-order valence-corrected chi connectivity index (χ1v) is 7.28. The molecular formula is C17H13F2N3O3. The third kappa shape index (κ3) is 4.17. The Bertz CT molecular complexity index is 862. The normalized spacial score (nSPS) is 10.7. The van der Waals surface area contributed by atoms with E-state index < -0.39 is 6.61 Å². The number of nitrogens with one attached hydrogen (secondary N) is 1. The first kappa shape index (κ1) is 16.6. The molecule has 0 saturated heterocycles. The van der Waals surface area contributed by atoms with Crippen molar-refractivity contribution in [1.29, 1.82) is 0 Å². The Labute approximate surface area is 141 Å². The number of nitrogens with zero attached hydrogens (tertiary/aromatic N) is 2. The minimum absolute atomic E-state index is 0.0206. The fraction of sp³-hybridized carbons (Fsp3) is 0.118. The molecule has 0 aliphatic carbocycles. The van der Waals surface area contributed by atoms with Gasteiger partial charge in [-0.25, -0.2) is 0 Å². The molecule has 3 aromatic rings. The van der Waals surface area contributed by atoms with Crippen LogP contribution in [0.2, 0.25) is 0 Å². The fourth-order valence-corrected chi connectivity index (χ4v) is 2.10. The molecule has 0 atom stereocenters. The molecule has 25 heavy (non-hydrogen) atoms. The van der Waals surface area contributed by atoms with Crippen molar-refractivity contribution in [3.05, 3.63) is 59.9 Å². The Balaban J connectivity index is 1.66. The van der Waals surface area contributed by atoms with Crippen LogP contribution < -0.4 is 10.1 Å². The predicted octanol–water partition coefficient (Wildman–Crippen LogP) is 3.90. The number of aromatic nitrogens is 2. The molecule has 0 fully saturated rings. The maximum absolute atomic E-state index is 12.2. The minimum atomic E-state index is -2.89. The average Bonchev–Trinajstić information content (AvgIpc) is 3.03. The second-order valence-corrected chi connectivity index (χ2v) is 5.08. The van der Waals surface area contributed by atoms with Gasteiger partial charge in [0.15, 0.2) is 5.82 Å². The van der Waals surface area contributed by atoms with E-state index in [4.69, 9.17) is 4.52 Å². The number of rotatable bonds is 5. The van der Waals surface area contributed by atoms with Gasteiger partial charge in [-0.3, -0.25) is 4.79 Å². The summed E-state index contributed by atoms with van der Waals surface area (Å²) in [6.07, 6.45) is 0. The van der Waals surface area contributed by atoms with E-state index in [9.17, 15) is 13.6 Å². The lowest BCUT2D eigenvalue weighted by molar-refractivity contribution is -0.0498. The molecule has 1 aromatic heterocycles. The van der Waals surface area contributed by atoms with Crippen LogP contribution in [0.3, 0.4) is 0 Å². The van der Waals surface area contributed by atoms with Crippen LogP contribution in [-0.4, -0.2) is 22.7 Å². The van der Waals surface area contributed by atoms with Crippen molar-refractivity contribution in [2.75, 3.05) is 5.32 Å². The summed E-state index contributed by atoms with van der Waals surface area (Å²) < 4.78 is 33.5. The van der Waals surface area contributed by atoms with Gasteiger partial charge in [0.2, 0.25) is 0 Å². The number of anilines is 1. The molecule has 1 heterocycles. The first-order valence-electron chi connectivity index (χ1n) is 7.28. The zero-order valence-corrected chi connectivity index (χ0v) is 13.1. The SMILES string of the molecule is Cc1noc(-c2ccc(C(=O)Nc3ccc(OC(F)F)cc3)cc2)n1. The Morgan fingerprint density at radius 2 is 1.80 bits per heavy atom. The van der Waals surface area contributed by atoms with E-state index in [1.165, 1.54) is 24.3 Å². The zero-order chi connectivity index (χ0) is 17.8. The summed E-state index contributed by atoms with van der Waals surface area (Å²) in [7, 11) is 0. The molecule has 8 heteroatoms. The molecule has 3 rings (SSSR count). The number of hydrogen-bond donors (Lipinski definition) is 1. The van der Waals surface area contributed by atoms with E-state index in [0.29, 0.717) is 28.5 Å². The van der Waals surface area contributed by atoms with Crippen LogP contribution in [0.25, 0.3) is 11.5 Å². The van der Waals surface area contributed by atoms with Gasteiger partial charge < -0.3 is 14.6 Å².